The number of benzene rings is 2. The zero-order chi connectivity index (χ0) is 20.0. The van der Waals surface area contributed by atoms with Crippen LogP contribution >= 0.6 is 24.0 Å². The predicted molar refractivity (Wildman–Crippen MR) is 129 cm³/mol. The Bertz CT molecular complexity index is 736. The smallest absolute Gasteiger partial charge is 0.242 e. The number of carbonyl (C=O) groups is 1. The number of guanidine groups is 1. The highest BCUT2D eigenvalue weighted by Crippen LogP contribution is 2.10. The van der Waals surface area contributed by atoms with Gasteiger partial charge in [-0.05, 0) is 43.0 Å². The van der Waals surface area contributed by atoms with Gasteiger partial charge in [0.2, 0.25) is 5.91 Å². The van der Waals surface area contributed by atoms with E-state index in [0.717, 1.165) is 37.2 Å². The van der Waals surface area contributed by atoms with Gasteiger partial charge in [0.1, 0.15) is 12.3 Å². The topological polar surface area (TPSA) is 74.8 Å². The third-order valence-electron chi connectivity index (χ3n) is 4.15. The second kappa shape index (κ2) is 14.7. The fraction of sp³-hybridized carbons (Fsp3) is 0.364. The van der Waals surface area contributed by atoms with E-state index in [0.29, 0.717) is 12.5 Å². The third-order valence-corrected chi connectivity index (χ3v) is 4.15. The first-order valence-electron chi connectivity index (χ1n) is 9.67. The number of rotatable bonds is 10. The van der Waals surface area contributed by atoms with E-state index in [1.807, 2.05) is 37.3 Å². The van der Waals surface area contributed by atoms with E-state index in [2.05, 4.69) is 45.2 Å². The van der Waals surface area contributed by atoms with Crippen LogP contribution in [-0.2, 0) is 17.8 Å². The second-order valence-electron chi connectivity index (χ2n) is 6.34. The summed E-state index contributed by atoms with van der Waals surface area (Å²) in [7, 11) is 1.63. The molecular formula is C22H31IN4O2. The van der Waals surface area contributed by atoms with Crippen molar-refractivity contribution >= 4 is 35.8 Å². The number of carbonyl (C=O) groups excluding carboxylic acids is 1. The zero-order valence-corrected chi connectivity index (χ0v) is 19.4. The van der Waals surface area contributed by atoms with Crippen molar-refractivity contribution in [3.63, 3.8) is 0 Å². The van der Waals surface area contributed by atoms with Crippen molar-refractivity contribution in [2.24, 2.45) is 4.99 Å². The van der Waals surface area contributed by atoms with Crippen molar-refractivity contribution in [1.29, 1.82) is 0 Å². The lowest BCUT2D eigenvalue weighted by Gasteiger charge is -2.11. The number of aryl methyl sites for hydroxylation is 1. The standard InChI is InChI=1S/C22H30N4O2.HI/c1-3-23-22(24-15-7-10-18-8-5-4-6-9-18)26-17-21(27)25-16-19-11-13-20(28-2)14-12-19;/h4-6,8-9,11-14H,3,7,10,15-17H2,1-2H3,(H,25,27)(H2,23,24,26);1H. The van der Waals surface area contributed by atoms with Gasteiger partial charge < -0.3 is 20.7 Å². The van der Waals surface area contributed by atoms with Crippen LogP contribution in [0, 0.1) is 0 Å². The first kappa shape index (κ1) is 24.7. The summed E-state index contributed by atoms with van der Waals surface area (Å²) in [5.74, 6) is 1.35. The van der Waals surface area contributed by atoms with Crippen LogP contribution in [0.1, 0.15) is 24.5 Å². The van der Waals surface area contributed by atoms with Crippen LogP contribution in [0.15, 0.2) is 59.6 Å². The summed E-state index contributed by atoms with van der Waals surface area (Å²) >= 11 is 0. The average Bonchev–Trinajstić information content (AvgIpc) is 2.74. The van der Waals surface area contributed by atoms with Crippen molar-refractivity contribution in [2.75, 3.05) is 26.7 Å². The Morgan fingerprint density at radius 2 is 1.69 bits per heavy atom. The molecule has 158 valence electrons. The normalized spacial score (nSPS) is 10.6. The molecule has 0 unspecified atom stereocenters. The van der Waals surface area contributed by atoms with E-state index in [4.69, 9.17) is 4.74 Å². The maximum absolute atomic E-state index is 12.1. The number of methoxy groups -OCH3 is 1. The van der Waals surface area contributed by atoms with Gasteiger partial charge in [-0.2, -0.15) is 0 Å². The molecule has 2 rings (SSSR count). The van der Waals surface area contributed by atoms with Gasteiger partial charge >= 0.3 is 0 Å². The van der Waals surface area contributed by atoms with Crippen molar-refractivity contribution in [3.05, 3.63) is 65.7 Å². The predicted octanol–water partition coefficient (Wildman–Crippen LogP) is 3.12. The number of halogens is 1. The molecule has 2 aromatic rings. The minimum Gasteiger partial charge on any atom is -0.497 e. The number of nitrogens with one attached hydrogen (secondary N) is 3. The highest BCUT2D eigenvalue weighted by molar-refractivity contribution is 14.0. The van der Waals surface area contributed by atoms with E-state index < -0.39 is 0 Å². The van der Waals surface area contributed by atoms with Crippen molar-refractivity contribution in [1.82, 2.24) is 16.0 Å². The number of amides is 1. The largest absolute Gasteiger partial charge is 0.497 e. The van der Waals surface area contributed by atoms with Gasteiger partial charge in [0.15, 0.2) is 5.96 Å². The Balaban J connectivity index is 0.00000420. The number of hydrogen-bond acceptors (Lipinski definition) is 3. The van der Waals surface area contributed by atoms with E-state index >= 15 is 0 Å². The summed E-state index contributed by atoms with van der Waals surface area (Å²) in [6.45, 7) is 4.11. The van der Waals surface area contributed by atoms with Crippen molar-refractivity contribution in [3.8, 4) is 5.75 Å². The SMILES string of the molecule is CCNC(=NCC(=O)NCc1ccc(OC)cc1)NCCCc1ccccc1.I. The number of aliphatic imine (C=N–C) groups is 1. The number of ether oxygens (including phenoxy) is 1. The third kappa shape index (κ3) is 10.2. The van der Waals surface area contributed by atoms with Crippen LogP contribution in [-0.4, -0.2) is 38.6 Å². The molecule has 0 saturated carbocycles. The molecule has 0 aromatic heterocycles. The molecular weight excluding hydrogens is 479 g/mol. The van der Waals surface area contributed by atoms with Gasteiger partial charge in [-0.3, -0.25) is 4.79 Å². The molecule has 2 aromatic carbocycles. The maximum atomic E-state index is 12.1. The average molecular weight is 510 g/mol. The minimum absolute atomic E-state index is 0. The Kier molecular flexibility index (Phi) is 12.5. The zero-order valence-electron chi connectivity index (χ0n) is 17.1. The highest BCUT2D eigenvalue weighted by Gasteiger charge is 2.03. The molecule has 29 heavy (non-hydrogen) atoms. The van der Waals surface area contributed by atoms with Crippen molar-refractivity contribution in [2.45, 2.75) is 26.3 Å². The van der Waals surface area contributed by atoms with Gasteiger partial charge in [0.25, 0.3) is 0 Å². The summed E-state index contributed by atoms with van der Waals surface area (Å²) in [5, 5.41) is 9.33. The molecule has 3 N–H and O–H groups in total. The molecule has 0 fully saturated rings. The molecule has 1 amide bonds. The van der Waals surface area contributed by atoms with Crippen LogP contribution < -0.4 is 20.7 Å². The number of hydrogen-bond donors (Lipinski definition) is 3. The van der Waals surface area contributed by atoms with E-state index in [1.54, 1.807) is 7.11 Å². The van der Waals surface area contributed by atoms with Crippen LogP contribution in [0.5, 0.6) is 5.75 Å². The monoisotopic (exact) mass is 510 g/mol. The van der Waals surface area contributed by atoms with Crippen molar-refractivity contribution < 1.29 is 9.53 Å². The maximum Gasteiger partial charge on any atom is 0.242 e. The van der Waals surface area contributed by atoms with Gasteiger partial charge in [0.05, 0.1) is 7.11 Å². The number of nitrogens with zero attached hydrogens (tertiary/aromatic N) is 1. The Hall–Kier alpha value is -2.29. The molecule has 0 spiro atoms. The lowest BCUT2D eigenvalue weighted by atomic mass is 10.1. The lowest BCUT2D eigenvalue weighted by molar-refractivity contribution is -0.119. The minimum atomic E-state index is -0.114. The summed E-state index contributed by atoms with van der Waals surface area (Å²) < 4.78 is 5.13. The summed E-state index contributed by atoms with van der Waals surface area (Å²) in [4.78, 5) is 16.4. The first-order chi connectivity index (χ1) is 13.7. The van der Waals surface area contributed by atoms with E-state index in [1.165, 1.54) is 5.56 Å². The molecule has 0 radical (unpaired) electrons. The first-order valence-corrected chi connectivity index (χ1v) is 9.67. The molecule has 0 atom stereocenters. The summed E-state index contributed by atoms with van der Waals surface area (Å²) in [6.07, 6.45) is 2.01. The van der Waals surface area contributed by atoms with Gasteiger partial charge in [-0.25, -0.2) is 4.99 Å². The Labute approximate surface area is 190 Å². The van der Waals surface area contributed by atoms with Crippen LogP contribution in [0.2, 0.25) is 0 Å². The second-order valence-corrected chi connectivity index (χ2v) is 6.34. The lowest BCUT2D eigenvalue weighted by Crippen LogP contribution is -2.39. The fourth-order valence-corrected chi connectivity index (χ4v) is 2.64. The molecule has 6 nitrogen and oxygen atoms in total. The van der Waals surface area contributed by atoms with Crippen LogP contribution in [0.3, 0.4) is 0 Å². The van der Waals surface area contributed by atoms with Gasteiger partial charge in [-0.15, -0.1) is 24.0 Å². The molecule has 0 aliphatic carbocycles. The molecule has 0 saturated heterocycles. The summed E-state index contributed by atoms with van der Waals surface area (Å²) in [5.41, 5.74) is 2.34. The van der Waals surface area contributed by atoms with E-state index in [-0.39, 0.29) is 36.4 Å². The van der Waals surface area contributed by atoms with Gasteiger partial charge in [0, 0.05) is 19.6 Å². The molecule has 0 bridgehead atoms. The Morgan fingerprint density at radius 1 is 0.966 bits per heavy atom. The molecule has 0 heterocycles. The Morgan fingerprint density at radius 3 is 2.34 bits per heavy atom. The fourth-order valence-electron chi connectivity index (χ4n) is 2.64. The highest BCUT2D eigenvalue weighted by atomic mass is 127. The molecule has 7 heteroatoms. The summed E-state index contributed by atoms with van der Waals surface area (Å²) in [6, 6.07) is 18.0. The van der Waals surface area contributed by atoms with Crippen LogP contribution in [0.4, 0.5) is 0 Å². The van der Waals surface area contributed by atoms with Crippen LogP contribution in [0.25, 0.3) is 0 Å². The van der Waals surface area contributed by atoms with Gasteiger partial charge in [-0.1, -0.05) is 42.5 Å². The van der Waals surface area contributed by atoms with E-state index in [9.17, 15) is 4.79 Å². The molecule has 0 aliphatic heterocycles. The quantitative estimate of drug-likeness (QED) is 0.199. The molecule has 0 aliphatic rings.